The molecule has 1 aliphatic heterocycles. The number of benzene rings is 2. The highest BCUT2D eigenvalue weighted by molar-refractivity contribution is 5.75. The molecule has 0 aliphatic carbocycles. The lowest BCUT2D eigenvalue weighted by atomic mass is 9.95. The van der Waals surface area contributed by atoms with E-state index in [9.17, 15) is 0 Å². The van der Waals surface area contributed by atoms with E-state index in [-0.39, 0.29) is 0 Å². The van der Waals surface area contributed by atoms with Gasteiger partial charge in [0.2, 0.25) is 0 Å². The van der Waals surface area contributed by atoms with Crippen LogP contribution in [0, 0.1) is 0 Å². The molecule has 0 spiro atoms. The average Bonchev–Trinajstić information content (AvgIpc) is 2.58. The first-order valence-corrected chi connectivity index (χ1v) is 8.07. The largest absolute Gasteiger partial charge is 0.486 e. The zero-order valence-electron chi connectivity index (χ0n) is 13.7. The summed E-state index contributed by atoms with van der Waals surface area (Å²) >= 11 is 0. The second-order valence-corrected chi connectivity index (χ2v) is 4.98. The van der Waals surface area contributed by atoms with Crippen LogP contribution in [0.2, 0.25) is 0 Å². The molecule has 0 fully saturated rings. The van der Waals surface area contributed by atoms with Gasteiger partial charge in [-0.1, -0.05) is 45.4 Å². The van der Waals surface area contributed by atoms with Gasteiger partial charge >= 0.3 is 0 Å². The van der Waals surface area contributed by atoms with Gasteiger partial charge in [0.1, 0.15) is 13.2 Å². The summed E-state index contributed by atoms with van der Waals surface area (Å²) in [5, 5.41) is 0. The number of fused-ring (bicyclic) bond motifs is 1. The summed E-state index contributed by atoms with van der Waals surface area (Å²) in [7, 11) is 0. The normalized spacial score (nSPS) is 12.3. The number of hydrogen-bond donors (Lipinski definition) is 1. The molecule has 0 atom stereocenters. The molecule has 0 radical (unpaired) electrons. The quantitative estimate of drug-likeness (QED) is 0.836. The van der Waals surface area contributed by atoms with Crippen LogP contribution in [0.3, 0.4) is 0 Å². The van der Waals surface area contributed by atoms with Crippen molar-refractivity contribution in [3.8, 4) is 22.6 Å². The highest BCUT2D eigenvalue weighted by Crippen LogP contribution is 2.36. The molecule has 0 bridgehead atoms. The van der Waals surface area contributed by atoms with E-state index in [4.69, 9.17) is 15.2 Å². The summed E-state index contributed by atoms with van der Waals surface area (Å²) < 4.78 is 11.2. The summed E-state index contributed by atoms with van der Waals surface area (Å²) in [6, 6.07) is 12.2. The number of nitrogens with two attached hydrogens (primary N) is 1. The van der Waals surface area contributed by atoms with Gasteiger partial charge in [0.25, 0.3) is 0 Å². The van der Waals surface area contributed by atoms with Crippen LogP contribution in [0.5, 0.6) is 11.5 Å². The Labute approximate surface area is 133 Å². The van der Waals surface area contributed by atoms with E-state index < -0.39 is 0 Å². The monoisotopic (exact) mass is 299 g/mol. The second kappa shape index (κ2) is 7.74. The van der Waals surface area contributed by atoms with E-state index >= 15 is 0 Å². The van der Waals surface area contributed by atoms with Crippen LogP contribution in [0.15, 0.2) is 36.4 Å². The van der Waals surface area contributed by atoms with Crippen molar-refractivity contribution >= 4 is 5.69 Å². The first-order chi connectivity index (χ1) is 10.8. The first-order valence-electron chi connectivity index (χ1n) is 8.07. The van der Waals surface area contributed by atoms with Crippen LogP contribution in [0.1, 0.15) is 32.8 Å². The highest BCUT2D eigenvalue weighted by atomic mass is 16.6. The predicted octanol–water partition coefficient (Wildman–Crippen LogP) is 4.69. The van der Waals surface area contributed by atoms with E-state index in [1.54, 1.807) is 0 Å². The summed E-state index contributed by atoms with van der Waals surface area (Å²) in [5.41, 5.74) is 10.5. The van der Waals surface area contributed by atoms with Crippen molar-refractivity contribution in [3.63, 3.8) is 0 Å². The van der Waals surface area contributed by atoms with Gasteiger partial charge in [0, 0.05) is 5.69 Å². The number of anilines is 1. The van der Waals surface area contributed by atoms with Crippen molar-refractivity contribution in [2.75, 3.05) is 18.9 Å². The average molecular weight is 299 g/mol. The van der Waals surface area contributed by atoms with Crippen LogP contribution >= 0.6 is 0 Å². The highest BCUT2D eigenvalue weighted by Gasteiger charge is 2.14. The summed E-state index contributed by atoms with van der Waals surface area (Å²) in [6.45, 7) is 7.39. The molecule has 0 saturated heterocycles. The Hall–Kier alpha value is -2.16. The Kier molecular flexibility index (Phi) is 5.70. The van der Waals surface area contributed by atoms with Gasteiger partial charge in [-0.2, -0.15) is 0 Å². The Morgan fingerprint density at radius 1 is 1.00 bits per heavy atom. The minimum Gasteiger partial charge on any atom is -0.486 e. The number of rotatable bonds is 3. The summed E-state index contributed by atoms with van der Waals surface area (Å²) in [4.78, 5) is 0. The van der Waals surface area contributed by atoms with Gasteiger partial charge in [0.05, 0.1) is 0 Å². The Balaban J connectivity index is 0.000000847. The molecule has 2 aromatic rings. The Morgan fingerprint density at radius 3 is 2.45 bits per heavy atom. The summed E-state index contributed by atoms with van der Waals surface area (Å²) in [6.07, 6.45) is 2.06. The molecular formula is C19H25NO2. The molecule has 1 heterocycles. The van der Waals surface area contributed by atoms with E-state index in [0.717, 1.165) is 35.6 Å². The molecule has 1 aliphatic rings. The minimum absolute atomic E-state index is 0.606. The molecule has 22 heavy (non-hydrogen) atoms. The maximum absolute atomic E-state index is 6.13. The fourth-order valence-corrected chi connectivity index (χ4v) is 2.62. The number of hydrogen-bond acceptors (Lipinski definition) is 3. The van der Waals surface area contributed by atoms with Crippen molar-refractivity contribution in [3.05, 3.63) is 42.0 Å². The molecule has 3 rings (SSSR count). The minimum atomic E-state index is 0.606. The first kappa shape index (κ1) is 16.2. The molecule has 3 nitrogen and oxygen atoms in total. The molecule has 0 amide bonds. The Bertz CT molecular complexity index is 623. The van der Waals surface area contributed by atoms with E-state index in [0.29, 0.717) is 13.2 Å². The van der Waals surface area contributed by atoms with Crippen LogP contribution in [0.25, 0.3) is 11.1 Å². The molecule has 2 aromatic carbocycles. The van der Waals surface area contributed by atoms with Crippen LogP contribution in [0.4, 0.5) is 5.69 Å². The van der Waals surface area contributed by atoms with Crippen LogP contribution in [-0.4, -0.2) is 13.2 Å². The maximum Gasteiger partial charge on any atom is 0.161 e. The Morgan fingerprint density at radius 2 is 1.73 bits per heavy atom. The maximum atomic E-state index is 6.13. The lowest BCUT2D eigenvalue weighted by Crippen LogP contribution is -2.15. The van der Waals surface area contributed by atoms with Gasteiger partial charge in [-0.25, -0.2) is 0 Å². The third-order valence-corrected chi connectivity index (χ3v) is 3.57. The van der Waals surface area contributed by atoms with Crippen molar-refractivity contribution in [2.45, 2.75) is 33.6 Å². The third-order valence-electron chi connectivity index (χ3n) is 3.57. The van der Waals surface area contributed by atoms with Gasteiger partial charge in [-0.15, -0.1) is 0 Å². The number of ether oxygens (including phenoxy) is 2. The fourth-order valence-electron chi connectivity index (χ4n) is 2.62. The second-order valence-electron chi connectivity index (χ2n) is 4.98. The summed E-state index contributed by atoms with van der Waals surface area (Å²) in [5.74, 6) is 1.64. The number of nitrogen functional groups attached to an aromatic ring is 1. The lowest BCUT2D eigenvalue weighted by molar-refractivity contribution is 0.171. The topological polar surface area (TPSA) is 44.5 Å². The SMILES string of the molecule is CC.CCCc1c(N)cccc1-c1ccc2c(c1)OCCO2. The van der Waals surface area contributed by atoms with E-state index in [2.05, 4.69) is 19.1 Å². The third kappa shape index (κ3) is 3.35. The van der Waals surface area contributed by atoms with Crippen molar-refractivity contribution in [1.82, 2.24) is 0 Å². The molecule has 3 heteroatoms. The van der Waals surface area contributed by atoms with Gasteiger partial charge in [-0.3, -0.25) is 0 Å². The van der Waals surface area contributed by atoms with Gasteiger partial charge in [0.15, 0.2) is 11.5 Å². The molecule has 0 aromatic heterocycles. The van der Waals surface area contributed by atoms with Gasteiger partial charge < -0.3 is 15.2 Å². The smallest absolute Gasteiger partial charge is 0.161 e. The van der Waals surface area contributed by atoms with Crippen molar-refractivity contribution < 1.29 is 9.47 Å². The van der Waals surface area contributed by atoms with E-state index in [1.807, 2.05) is 38.1 Å². The van der Waals surface area contributed by atoms with Crippen LogP contribution < -0.4 is 15.2 Å². The molecule has 2 N–H and O–H groups in total. The lowest BCUT2D eigenvalue weighted by Gasteiger charge is -2.20. The zero-order chi connectivity index (χ0) is 15.9. The fraction of sp³-hybridized carbons (Fsp3) is 0.368. The molecule has 0 saturated carbocycles. The van der Waals surface area contributed by atoms with Crippen LogP contribution in [-0.2, 0) is 6.42 Å². The van der Waals surface area contributed by atoms with Crippen molar-refractivity contribution in [1.29, 1.82) is 0 Å². The van der Waals surface area contributed by atoms with Crippen molar-refractivity contribution in [2.24, 2.45) is 0 Å². The molecular weight excluding hydrogens is 274 g/mol. The standard InChI is InChI=1S/C17H19NO2.C2H6/c1-2-4-14-13(5-3-6-15(14)18)12-7-8-16-17(11-12)20-10-9-19-16;1-2/h3,5-8,11H,2,4,9-10,18H2,1H3;1-2H3. The molecule has 118 valence electrons. The zero-order valence-corrected chi connectivity index (χ0v) is 13.7. The predicted molar refractivity (Wildman–Crippen MR) is 92.6 cm³/mol. The van der Waals surface area contributed by atoms with E-state index in [1.165, 1.54) is 11.1 Å². The molecule has 0 unspecified atom stereocenters. The van der Waals surface area contributed by atoms with Gasteiger partial charge in [-0.05, 0) is 41.3 Å².